The third kappa shape index (κ3) is 4.43. The molecule has 4 nitrogen and oxygen atoms in total. The van der Waals surface area contributed by atoms with E-state index >= 15 is 0 Å². The van der Waals surface area contributed by atoms with Crippen LogP contribution in [0.5, 0.6) is 0 Å². The van der Waals surface area contributed by atoms with Crippen molar-refractivity contribution in [2.45, 2.75) is 50.5 Å². The first-order valence-corrected chi connectivity index (χ1v) is 9.32. The summed E-state index contributed by atoms with van der Waals surface area (Å²) < 4.78 is 27.9. The molecule has 0 aliphatic carbocycles. The van der Waals surface area contributed by atoms with Crippen molar-refractivity contribution in [1.29, 1.82) is 0 Å². The van der Waals surface area contributed by atoms with Gasteiger partial charge in [0.1, 0.15) is 4.21 Å². The van der Waals surface area contributed by atoms with Gasteiger partial charge in [0.05, 0.1) is 16.5 Å². The van der Waals surface area contributed by atoms with Gasteiger partial charge in [0.25, 0.3) is 0 Å². The van der Waals surface area contributed by atoms with Crippen LogP contribution in [0.25, 0.3) is 0 Å². The number of aliphatic hydroxyl groups is 1. The maximum atomic E-state index is 12.3. The molecule has 0 radical (unpaired) electrons. The van der Waals surface area contributed by atoms with E-state index in [0.29, 0.717) is 4.34 Å². The predicted molar refractivity (Wildman–Crippen MR) is 83.7 cm³/mol. The van der Waals surface area contributed by atoms with Crippen LogP contribution in [0.4, 0.5) is 0 Å². The number of nitrogens with one attached hydrogen (secondary N) is 1. The first-order valence-electron chi connectivity index (χ1n) is 6.64. The molecule has 3 atom stereocenters. The van der Waals surface area contributed by atoms with Crippen molar-refractivity contribution in [1.82, 2.24) is 4.72 Å². The van der Waals surface area contributed by atoms with E-state index in [-0.39, 0.29) is 16.0 Å². The van der Waals surface area contributed by atoms with Crippen LogP contribution in [0.15, 0.2) is 16.3 Å². The number of halogens is 1. The third-order valence-corrected chi connectivity index (χ3v) is 6.59. The zero-order chi connectivity index (χ0) is 15.5. The van der Waals surface area contributed by atoms with Crippen molar-refractivity contribution in [3.63, 3.8) is 0 Å². The minimum absolute atomic E-state index is 0.0244. The largest absolute Gasteiger partial charge is 0.391 e. The summed E-state index contributed by atoms with van der Waals surface area (Å²) in [6.45, 7) is 7.65. The van der Waals surface area contributed by atoms with Gasteiger partial charge < -0.3 is 5.11 Å². The van der Waals surface area contributed by atoms with Gasteiger partial charge in [0.2, 0.25) is 10.0 Å². The van der Waals surface area contributed by atoms with Crippen molar-refractivity contribution >= 4 is 33.0 Å². The van der Waals surface area contributed by atoms with Gasteiger partial charge in [-0.3, -0.25) is 0 Å². The monoisotopic (exact) mass is 339 g/mol. The first kappa shape index (κ1) is 17.9. The fourth-order valence-corrected chi connectivity index (χ4v) is 4.73. The molecule has 2 N–H and O–H groups in total. The molecule has 20 heavy (non-hydrogen) atoms. The van der Waals surface area contributed by atoms with Crippen LogP contribution >= 0.6 is 22.9 Å². The Morgan fingerprint density at radius 1 is 1.35 bits per heavy atom. The highest BCUT2D eigenvalue weighted by molar-refractivity contribution is 7.91. The highest BCUT2D eigenvalue weighted by Crippen LogP contribution is 2.27. The summed E-state index contributed by atoms with van der Waals surface area (Å²) in [6, 6.07) is 2.52. The van der Waals surface area contributed by atoms with Crippen LogP contribution in [-0.2, 0) is 10.0 Å². The predicted octanol–water partition coefficient (Wildman–Crippen LogP) is 3.11. The molecule has 0 saturated heterocycles. The fourth-order valence-electron chi connectivity index (χ4n) is 1.87. The van der Waals surface area contributed by atoms with Crippen molar-refractivity contribution < 1.29 is 13.5 Å². The van der Waals surface area contributed by atoms with Crippen molar-refractivity contribution in [2.24, 2.45) is 11.8 Å². The van der Waals surface area contributed by atoms with Crippen molar-refractivity contribution in [2.75, 3.05) is 0 Å². The second-order valence-corrected chi connectivity index (χ2v) is 8.98. The molecule has 116 valence electrons. The molecule has 1 rings (SSSR count). The SMILES string of the molecule is CC[C@H](C)C(NS(=O)(=O)c1ccc(Cl)s1)C(O)C(C)C. The summed E-state index contributed by atoms with van der Waals surface area (Å²) in [4.78, 5) is 0. The standard InChI is InChI=1S/C13H22ClNO3S2/c1-5-9(4)12(13(16)8(2)3)15-20(17,18)11-7-6-10(14)19-11/h6-9,12-13,15-16H,5H2,1-4H3/t9-,12?,13?/m0/s1. The molecule has 2 unspecified atom stereocenters. The molecule has 0 saturated carbocycles. The average Bonchev–Trinajstić information content (AvgIpc) is 2.81. The summed E-state index contributed by atoms with van der Waals surface area (Å²) in [5, 5.41) is 10.3. The normalized spacial score (nSPS) is 17.1. The van der Waals surface area contributed by atoms with E-state index in [0.717, 1.165) is 17.8 Å². The lowest BCUT2D eigenvalue weighted by Gasteiger charge is -2.30. The molecule has 0 amide bonds. The van der Waals surface area contributed by atoms with E-state index < -0.39 is 22.2 Å². The molecule has 7 heteroatoms. The van der Waals surface area contributed by atoms with E-state index in [1.807, 2.05) is 27.7 Å². The number of aliphatic hydroxyl groups excluding tert-OH is 1. The zero-order valence-corrected chi connectivity index (χ0v) is 14.5. The Bertz CT molecular complexity index is 527. The molecule has 0 bridgehead atoms. The van der Waals surface area contributed by atoms with Gasteiger partial charge in [0.15, 0.2) is 0 Å². The molecule has 1 aromatic heterocycles. The highest BCUT2D eigenvalue weighted by Gasteiger charge is 2.31. The first-order chi connectivity index (χ1) is 9.19. The number of hydrogen-bond donors (Lipinski definition) is 2. The second kappa shape index (κ2) is 7.22. The smallest absolute Gasteiger partial charge is 0.250 e. The van der Waals surface area contributed by atoms with Crippen LogP contribution in [0.1, 0.15) is 34.1 Å². The quantitative estimate of drug-likeness (QED) is 0.802. The topological polar surface area (TPSA) is 66.4 Å². The molecule has 0 aliphatic heterocycles. The molecule has 0 aliphatic rings. The summed E-state index contributed by atoms with van der Waals surface area (Å²) in [6.07, 6.45) is 0.0532. The Kier molecular flexibility index (Phi) is 6.47. The van der Waals surface area contributed by atoms with Gasteiger partial charge in [-0.2, -0.15) is 0 Å². The van der Waals surface area contributed by atoms with Gasteiger partial charge in [-0.05, 0) is 24.0 Å². The molecule has 1 heterocycles. The van der Waals surface area contributed by atoms with E-state index in [9.17, 15) is 13.5 Å². The van der Waals surface area contributed by atoms with Gasteiger partial charge in [-0.1, -0.05) is 45.7 Å². The molecule has 0 aromatic carbocycles. The van der Waals surface area contributed by atoms with E-state index in [1.165, 1.54) is 6.07 Å². The molecule has 1 aromatic rings. The van der Waals surface area contributed by atoms with Crippen LogP contribution in [0.3, 0.4) is 0 Å². The summed E-state index contributed by atoms with van der Waals surface area (Å²) in [5.41, 5.74) is 0. The maximum absolute atomic E-state index is 12.3. The maximum Gasteiger partial charge on any atom is 0.250 e. The van der Waals surface area contributed by atoms with Crippen LogP contribution in [0, 0.1) is 11.8 Å². The third-order valence-electron chi connectivity index (χ3n) is 3.41. The average molecular weight is 340 g/mol. The Hall–Kier alpha value is -0.140. The van der Waals surface area contributed by atoms with Gasteiger partial charge in [0, 0.05) is 0 Å². The molecular weight excluding hydrogens is 318 g/mol. The Morgan fingerprint density at radius 3 is 2.35 bits per heavy atom. The van der Waals surface area contributed by atoms with E-state index in [1.54, 1.807) is 6.07 Å². The Balaban J connectivity index is 3.00. The Morgan fingerprint density at radius 2 is 1.95 bits per heavy atom. The number of rotatable bonds is 7. The van der Waals surface area contributed by atoms with Crippen LogP contribution in [0.2, 0.25) is 4.34 Å². The summed E-state index contributed by atoms with van der Waals surface area (Å²) in [7, 11) is -3.65. The fraction of sp³-hybridized carbons (Fsp3) is 0.692. The zero-order valence-electron chi connectivity index (χ0n) is 12.1. The summed E-state index contributed by atoms with van der Waals surface area (Å²) in [5.74, 6) is 0.0150. The van der Waals surface area contributed by atoms with E-state index in [4.69, 9.17) is 11.6 Å². The van der Waals surface area contributed by atoms with Gasteiger partial charge >= 0.3 is 0 Å². The van der Waals surface area contributed by atoms with Crippen molar-refractivity contribution in [3.8, 4) is 0 Å². The number of thiophene rings is 1. The van der Waals surface area contributed by atoms with Gasteiger partial charge in [-0.15, -0.1) is 11.3 Å². The minimum atomic E-state index is -3.65. The lowest BCUT2D eigenvalue weighted by molar-refractivity contribution is 0.0703. The van der Waals surface area contributed by atoms with Crippen molar-refractivity contribution in [3.05, 3.63) is 16.5 Å². The number of hydrogen-bond acceptors (Lipinski definition) is 4. The Labute approximate surface area is 130 Å². The molecular formula is C13H22ClNO3S2. The highest BCUT2D eigenvalue weighted by atomic mass is 35.5. The molecule has 0 fully saturated rings. The second-order valence-electron chi connectivity index (χ2n) is 5.33. The van der Waals surface area contributed by atoms with Crippen LogP contribution in [-0.4, -0.2) is 25.7 Å². The minimum Gasteiger partial charge on any atom is -0.391 e. The van der Waals surface area contributed by atoms with Crippen LogP contribution < -0.4 is 4.72 Å². The molecule has 0 spiro atoms. The summed E-state index contributed by atoms with van der Waals surface area (Å²) >= 11 is 6.79. The van der Waals surface area contributed by atoms with E-state index in [2.05, 4.69) is 4.72 Å². The lowest BCUT2D eigenvalue weighted by Crippen LogP contribution is -2.49. The lowest BCUT2D eigenvalue weighted by atomic mass is 9.89. The van der Waals surface area contributed by atoms with Gasteiger partial charge in [-0.25, -0.2) is 13.1 Å². The number of sulfonamides is 1.